The molecule has 2 aromatic rings. The molecule has 0 spiro atoms. The van der Waals surface area contributed by atoms with Gasteiger partial charge in [0.05, 0.1) is 0 Å². The second kappa shape index (κ2) is 8.66. The predicted octanol–water partition coefficient (Wildman–Crippen LogP) is 3.06. The van der Waals surface area contributed by atoms with Crippen LogP contribution in [-0.2, 0) is 9.59 Å². The Morgan fingerprint density at radius 1 is 1.04 bits per heavy atom. The number of carboxylic acids is 1. The number of aryl methyl sites for hydroxylation is 1. The van der Waals surface area contributed by atoms with Crippen molar-refractivity contribution in [3.8, 4) is 5.75 Å². The first kappa shape index (κ1) is 19.0. The van der Waals surface area contributed by atoms with E-state index in [-0.39, 0.29) is 11.8 Å². The van der Waals surface area contributed by atoms with Gasteiger partial charge in [-0.1, -0.05) is 6.92 Å². The number of ether oxygens (including phenoxy) is 1. The summed E-state index contributed by atoms with van der Waals surface area (Å²) in [5.41, 5.74) is 2.42. The summed E-state index contributed by atoms with van der Waals surface area (Å²) in [7, 11) is 0. The molecule has 0 aliphatic rings. The summed E-state index contributed by atoms with van der Waals surface area (Å²) in [4.78, 5) is 34.2. The molecule has 0 aromatic heterocycles. The van der Waals surface area contributed by atoms with E-state index in [4.69, 9.17) is 9.84 Å². The lowest BCUT2D eigenvalue weighted by molar-refractivity contribution is -0.139. The summed E-state index contributed by atoms with van der Waals surface area (Å²) in [5.74, 6) is -1.03. The molecule has 7 nitrogen and oxygen atoms in total. The molecule has 3 N–H and O–H groups in total. The molecule has 0 unspecified atom stereocenters. The minimum atomic E-state index is -1.06. The van der Waals surface area contributed by atoms with Crippen LogP contribution in [0.4, 0.5) is 11.4 Å². The first-order valence-corrected chi connectivity index (χ1v) is 8.05. The molecule has 0 aliphatic carbocycles. The standard InChI is InChI=1S/C19H20N2O5/c1-3-17(22)20-14-6-4-13(5-7-14)19(25)21-16-9-8-15(10-12(16)2)26-11-18(23)24/h4-10H,3,11H2,1-2H3,(H,20,22)(H,21,25)(H,23,24). The lowest BCUT2D eigenvalue weighted by atomic mass is 10.1. The van der Waals surface area contributed by atoms with E-state index in [0.717, 1.165) is 5.56 Å². The molecule has 0 atom stereocenters. The molecule has 136 valence electrons. The number of rotatable bonds is 7. The van der Waals surface area contributed by atoms with E-state index in [1.165, 1.54) is 0 Å². The highest BCUT2D eigenvalue weighted by atomic mass is 16.5. The van der Waals surface area contributed by atoms with Crippen LogP contribution in [0.1, 0.15) is 29.3 Å². The lowest BCUT2D eigenvalue weighted by Gasteiger charge is -2.11. The Balaban J connectivity index is 2.02. The maximum atomic E-state index is 12.3. The van der Waals surface area contributed by atoms with Crippen molar-refractivity contribution in [2.45, 2.75) is 20.3 Å². The second-order valence-electron chi connectivity index (χ2n) is 5.59. The molecule has 2 amide bonds. The monoisotopic (exact) mass is 356 g/mol. The van der Waals surface area contributed by atoms with Crippen LogP contribution in [0.2, 0.25) is 0 Å². The minimum absolute atomic E-state index is 0.0944. The third-order valence-electron chi connectivity index (χ3n) is 3.56. The van der Waals surface area contributed by atoms with Gasteiger partial charge < -0.3 is 20.5 Å². The summed E-state index contributed by atoms with van der Waals surface area (Å²) in [6.07, 6.45) is 0.383. The number of aliphatic carboxylic acids is 1. The molecule has 7 heteroatoms. The number of carbonyl (C=O) groups excluding carboxylic acids is 2. The molecule has 0 saturated heterocycles. The van der Waals surface area contributed by atoms with Crippen molar-refractivity contribution in [3.63, 3.8) is 0 Å². The maximum Gasteiger partial charge on any atom is 0.341 e. The highest BCUT2D eigenvalue weighted by Gasteiger charge is 2.09. The van der Waals surface area contributed by atoms with Crippen molar-refractivity contribution in [3.05, 3.63) is 53.6 Å². The van der Waals surface area contributed by atoms with E-state index in [1.54, 1.807) is 56.3 Å². The van der Waals surface area contributed by atoms with Crippen LogP contribution in [0.3, 0.4) is 0 Å². The van der Waals surface area contributed by atoms with Gasteiger partial charge in [-0.2, -0.15) is 0 Å². The average molecular weight is 356 g/mol. The smallest absolute Gasteiger partial charge is 0.341 e. The van der Waals surface area contributed by atoms with Crippen molar-refractivity contribution in [2.75, 3.05) is 17.2 Å². The van der Waals surface area contributed by atoms with Gasteiger partial charge in [-0.15, -0.1) is 0 Å². The second-order valence-corrected chi connectivity index (χ2v) is 5.59. The van der Waals surface area contributed by atoms with Gasteiger partial charge in [0, 0.05) is 23.4 Å². The van der Waals surface area contributed by atoms with Gasteiger partial charge >= 0.3 is 5.97 Å². The summed E-state index contributed by atoms with van der Waals surface area (Å²) < 4.78 is 5.10. The van der Waals surface area contributed by atoms with E-state index in [2.05, 4.69) is 10.6 Å². The molecule has 26 heavy (non-hydrogen) atoms. The molecule has 0 heterocycles. The Kier molecular flexibility index (Phi) is 6.32. The molecule has 0 fully saturated rings. The average Bonchev–Trinajstić information content (AvgIpc) is 2.62. The summed E-state index contributed by atoms with van der Waals surface area (Å²) in [6, 6.07) is 11.5. The summed E-state index contributed by atoms with van der Waals surface area (Å²) in [5, 5.41) is 14.1. The molecule has 0 aliphatic heterocycles. The first-order chi connectivity index (χ1) is 12.4. The van der Waals surface area contributed by atoms with Crippen LogP contribution in [-0.4, -0.2) is 29.5 Å². The van der Waals surface area contributed by atoms with Crippen LogP contribution < -0.4 is 15.4 Å². The van der Waals surface area contributed by atoms with Crippen LogP contribution in [0.5, 0.6) is 5.75 Å². The quantitative estimate of drug-likeness (QED) is 0.707. The van der Waals surface area contributed by atoms with E-state index < -0.39 is 12.6 Å². The van der Waals surface area contributed by atoms with Gasteiger partial charge in [-0.3, -0.25) is 9.59 Å². The lowest BCUT2D eigenvalue weighted by Crippen LogP contribution is -2.14. The number of amides is 2. The van der Waals surface area contributed by atoms with Crippen LogP contribution >= 0.6 is 0 Å². The topological polar surface area (TPSA) is 105 Å². The fourth-order valence-corrected chi connectivity index (χ4v) is 2.16. The summed E-state index contributed by atoms with van der Waals surface area (Å²) >= 11 is 0. The van der Waals surface area contributed by atoms with Gasteiger partial charge in [0.25, 0.3) is 5.91 Å². The first-order valence-electron chi connectivity index (χ1n) is 8.05. The van der Waals surface area contributed by atoms with Crippen LogP contribution in [0.25, 0.3) is 0 Å². The number of hydrogen-bond acceptors (Lipinski definition) is 4. The number of anilines is 2. The molecular weight excluding hydrogens is 336 g/mol. The van der Waals surface area contributed by atoms with Crippen molar-refractivity contribution >= 4 is 29.2 Å². The Morgan fingerprint density at radius 3 is 2.31 bits per heavy atom. The molecular formula is C19H20N2O5. The zero-order chi connectivity index (χ0) is 19.1. The van der Waals surface area contributed by atoms with E-state index >= 15 is 0 Å². The van der Waals surface area contributed by atoms with Gasteiger partial charge in [0.15, 0.2) is 6.61 Å². The number of nitrogens with one attached hydrogen (secondary N) is 2. The SMILES string of the molecule is CCC(=O)Nc1ccc(C(=O)Nc2ccc(OCC(=O)O)cc2C)cc1. The Morgan fingerprint density at radius 2 is 1.73 bits per heavy atom. The third-order valence-corrected chi connectivity index (χ3v) is 3.56. The van der Waals surface area contributed by atoms with Gasteiger partial charge in [0.2, 0.25) is 5.91 Å². The molecule has 2 aromatic carbocycles. The Bertz CT molecular complexity index is 815. The summed E-state index contributed by atoms with van der Waals surface area (Å²) in [6.45, 7) is 3.12. The fourth-order valence-electron chi connectivity index (χ4n) is 2.16. The highest BCUT2D eigenvalue weighted by Crippen LogP contribution is 2.22. The maximum absolute atomic E-state index is 12.3. The van der Waals surface area contributed by atoms with Crippen LogP contribution in [0, 0.1) is 6.92 Å². The number of hydrogen-bond donors (Lipinski definition) is 3. The Hall–Kier alpha value is -3.35. The number of carboxylic acid groups (broad SMARTS) is 1. The van der Waals surface area contributed by atoms with Crippen molar-refractivity contribution in [2.24, 2.45) is 0 Å². The van der Waals surface area contributed by atoms with Crippen molar-refractivity contribution < 1.29 is 24.2 Å². The van der Waals surface area contributed by atoms with E-state index in [1.807, 2.05) is 0 Å². The zero-order valence-electron chi connectivity index (χ0n) is 14.5. The van der Waals surface area contributed by atoms with Gasteiger partial charge in [-0.25, -0.2) is 4.79 Å². The van der Waals surface area contributed by atoms with Crippen LogP contribution in [0.15, 0.2) is 42.5 Å². The molecule has 0 saturated carbocycles. The zero-order valence-corrected chi connectivity index (χ0v) is 14.5. The number of benzene rings is 2. The normalized spacial score (nSPS) is 10.1. The van der Waals surface area contributed by atoms with Crippen molar-refractivity contribution in [1.82, 2.24) is 0 Å². The molecule has 2 rings (SSSR count). The third kappa shape index (κ3) is 5.34. The van der Waals surface area contributed by atoms with E-state index in [0.29, 0.717) is 29.1 Å². The van der Waals surface area contributed by atoms with Crippen molar-refractivity contribution in [1.29, 1.82) is 0 Å². The Labute approximate surface area is 151 Å². The number of carbonyl (C=O) groups is 3. The van der Waals surface area contributed by atoms with Gasteiger partial charge in [-0.05, 0) is 55.0 Å². The minimum Gasteiger partial charge on any atom is -0.482 e. The highest BCUT2D eigenvalue weighted by molar-refractivity contribution is 6.05. The fraction of sp³-hybridized carbons (Fsp3) is 0.211. The molecule has 0 bridgehead atoms. The van der Waals surface area contributed by atoms with Gasteiger partial charge in [0.1, 0.15) is 5.75 Å². The predicted molar refractivity (Wildman–Crippen MR) is 97.6 cm³/mol. The van der Waals surface area contributed by atoms with E-state index in [9.17, 15) is 14.4 Å². The largest absolute Gasteiger partial charge is 0.482 e. The molecule has 0 radical (unpaired) electrons.